The molecule has 1 heteroatoms. The first-order chi connectivity index (χ1) is 6.19. The van der Waals surface area contributed by atoms with Gasteiger partial charge in [0.25, 0.3) is 0 Å². The van der Waals surface area contributed by atoms with Crippen molar-refractivity contribution in [2.24, 2.45) is 16.7 Å². The van der Waals surface area contributed by atoms with Crippen LogP contribution in [0.4, 0.5) is 0 Å². The van der Waals surface area contributed by atoms with Gasteiger partial charge in [0.05, 0.1) is 27.2 Å². The molecule has 0 aliphatic heterocycles. The van der Waals surface area contributed by atoms with E-state index in [0.717, 1.165) is 16.4 Å². The Bertz CT molecular complexity index is 248. The SMILES string of the molecule is CC1(C)C2CCC1(C)C([N+](C)(C)C)C2. The van der Waals surface area contributed by atoms with E-state index in [2.05, 4.69) is 41.9 Å². The molecule has 2 aliphatic rings. The van der Waals surface area contributed by atoms with Gasteiger partial charge in [-0.1, -0.05) is 20.8 Å². The van der Waals surface area contributed by atoms with Crippen molar-refractivity contribution in [2.75, 3.05) is 21.1 Å². The van der Waals surface area contributed by atoms with Crippen molar-refractivity contribution in [1.82, 2.24) is 0 Å². The Hall–Kier alpha value is -0.0400. The molecule has 2 fully saturated rings. The highest BCUT2D eigenvalue weighted by Crippen LogP contribution is 2.66. The summed E-state index contributed by atoms with van der Waals surface area (Å²) >= 11 is 0. The molecule has 0 aromatic carbocycles. The Morgan fingerprint density at radius 3 is 1.86 bits per heavy atom. The van der Waals surface area contributed by atoms with Crippen LogP contribution in [0.2, 0.25) is 0 Å². The summed E-state index contributed by atoms with van der Waals surface area (Å²) in [5, 5.41) is 0. The average Bonchev–Trinajstić information content (AvgIpc) is 2.32. The molecule has 2 saturated carbocycles. The number of nitrogens with zero attached hydrogens (tertiary/aromatic N) is 1. The van der Waals surface area contributed by atoms with Gasteiger partial charge >= 0.3 is 0 Å². The summed E-state index contributed by atoms with van der Waals surface area (Å²) < 4.78 is 1.15. The summed E-state index contributed by atoms with van der Waals surface area (Å²) in [6.45, 7) is 7.54. The molecule has 0 amide bonds. The second-order valence-electron chi connectivity index (χ2n) is 7.24. The largest absolute Gasteiger partial charge is 0.328 e. The van der Waals surface area contributed by atoms with Crippen molar-refractivity contribution >= 4 is 0 Å². The minimum Gasteiger partial charge on any atom is -0.328 e. The van der Waals surface area contributed by atoms with Crippen molar-refractivity contribution in [2.45, 2.75) is 46.1 Å². The third-order valence-electron chi connectivity index (χ3n) is 5.68. The maximum atomic E-state index is 2.54. The van der Waals surface area contributed by atoms with E-state index in [9.17, 15) is 0 Å². The minimum absolute atomic E-state index is 0.573. The van der Waals surface area contributed by atoms with Gasteiger partial charge in [-0.2, -0.15) is 0 Å². The number of quaternary nitrogens is 1. The molecule has 0 aromatic heterocycles. The molecule has 0 heterocycles. The fourth-order valence-electron chi connectivity index (χ4n) is 4.33. The zero-order valence-electron chi connectivity index (χ0n) is 10.7. The van der Waals surface area contributed by atoms with Crippen molar-refractivity contribution < 1.29 is 4.48 Å². The van der Waals surface area contributed by atoms with E-state index in [4.69, 9.17) is 0 Å². The van der Waals surface area contributed by atoms with Crippen LogP contribution < -0.4 is 0 Å². The van der Waals surface area contributed by atoms with E-state index in [0.29, 0.717) is 10.8 Å². The van der Waals surface area contributed by atoms with Crippen molar-refractivity contribution in [3.8, 4) is 0 Å². The summed E-state index contributed by atoms with van der Waals surface area (Å²) in [4.78, 5) is 0. The van der Waals surface area contributed by atoms with Crippen LogP contribution in [0.15, 0.2) is 0 Å². The molecule has 3 unspecified atom stereocenters. The fraction of sp³-hybridized carbons (Fsp3) is 1.00. The van der Waals surface area contributed by atoms with Gasteiger partial charge in [0.1, 0.15) is 0 Å². The maximum Gasteiger partial charge on any atom is 0.0946 e. The molecule has 0 spiro atoms. The quantitative estimate of drug-likeness (QED) is 0.566. The Balaban J connectivity index is 2.37. The third-order valence-corrected chi connectivity index (χ3v) is 5.68. The van der Waals surface area contributed by atoms with Crippen LogP contribution in [0.5, 0.6) is 0 Å². The Labute approximate surface area is 89.1 Å². The van der Waals surface area contributed by atoms with Gasteiger partial charge in [-0.15, -0.1) is 0 Å². The summed E-state index contributed by atoms with van der Waals surface area (Å²) in [6.07, 6.45) is 4.37. The lowest BCUT2D eigenvalue weighted by Gasteiger charge is -2.45. The predicted molar refractivity (Wildman–Crippen MR) is 61.0 cm³/mol. The zero-order chi connectivity index (χ0) is 10.8. The summed E-state index contributed by atoms with van der Waals surface area (Å²) in [7, 11) is 7.10. The average molecular weight is 196 g/mol. The summed E-state index contributed by atoms with van der Waals surface area (Å²) in [6, 6.07) is 0.872. The molecule has 14 heavy (non-hydrogen) atoms. The van der Waals surface area contributed by atoms with Gasteiger partial charge < -0.3 is 4.48 Å². The van der Waals surface area contributed by atoms with Gasteiger partial charge in [0.15, 0.2) is 0 Å². The molecular weight excluding hydrogens is 170 g/mol. The molecule has 3 atom stereocenters. The van der Waals surface area contributed by atoms with Crippen molar-refractivity contribution in [1.29, 1.82) is 0 Å². The van der Waals surface area contributed by atoms with Crippen LogP contribution in [0.25, 0.3) is 0 Å². The molecule has 0 aromatic rings. The van der Waals surface area contributed by atoms with E-state index in [1.54, 1.807) is 0 Å². The molecule has 82 valence electrons. The van der Waals surface area contributed by atoms with Gasteiger partial charge in [-0.25, -0.2) is 0 Å². The number of hydrogen-bond acceptors (Lipinski definition) is 0. The van der Waals surface area contributed by atoms with Gasteiger partial charge in [-0.3, -0.25) is 0 Å². The Kier molecular flexibility index (Phi) is 1.91. The smallest absolute Gasteiger partial charge is 0.0946 e. The molecule has 2 aliphatic carbocycles. The highest BCUT2D eigenvalue weighted by Gasteiger charge is 2.65. The van der Waals surface area contributed by atoms with Crippen molar-refractivity contribution in [3.05, 3.63) is 0 Å². The number of rotatable bonds is 1. The van der Waals surface area contributed by atoms with Gasteiger partial charge in [0.2, 0.25) is 0 Å². The molecule has 2 rings (SSSR count). The van der Waals surface area contributed by atoms with E-state index in [-0.39, 0.29) is 0 Å². The normalized spacial score (nSPS) is 45.9. The summed E-state index contributed by atoms with van der Waals surface area (Å²) in [5.41, 5.74) is 1.15. The second-order valence-corrected chi connectivity index (χ2v) is 7.24. The van der Waals surface area contributed by atoms with E-state index < -0.39 is 0 Å². The lowest BCUT2D eigenvalue weighted by molar-refractivity contribution is -0.903. The fourth-order valence-corrected chi connectivity index (χ4v) is 4.33. The first-order valence-electron chi connectivity index (χ1n) is 6.01. The zero-order valence-corrected chi connectivity index (χ0v) is 10.7. The highest BCUT2D eigenvalue weighted by molar-refractivity contribution is 5.10. The molecule has 0 N–H and O–H groups in total. The van der Waals surface area contributed by atoms with Gasteiger partial charge in [-0.05, 0) is 24.2 Å². The monoisotopic (exact) mass is 196 g/mol. The minimum atomic E-state index is 0.573. The highest BCUT2D eigenvalue weighted by atomic mass is 15.3. The molecular formula is C13H26N+. The van der Waals surface area contributed by atoms with Crippen molar-refractivity contribution in [3.63, 3.8) is 0 Å². The molecule has 0 saturated heterocycles. The Morgan fingerprint density at radius 2 is 1.64 bits per heavy atom. The maximum absolute atomic E-state index is 2.54. The topological polar surface area (TPSA) is 0 Å². The van der Waals surface area contributed by atoms with Crippen LogP contribution in [-0.2, 0) is 0 Å². The lowest BCUT2D eigenvalue weighted by Crippen LogP contribution is -2.53. The van der Waals surface area contributed by atoms with Crippen LogP contribution >= 0.6 is 0 Å². The number of fused-ring (bicyclic) bond motifs is 2. The van der Waals surface area contributed by atoms with Crippen LogP contribution in [0.3, 0.4) is 0 Å². The van der Waals surface area contributed by atoms with Gasteiger partial charge in [0, 0.05) is 11.8 Å². The van der Waals surface area contributed by atoms with E-state index >= 15 is 0 Å². The molecule has 0 radical (unpaired) electrons. The van der Waals surface area contributed by atoms with Crippen LogP contribution in [0.1, 0.15) is 40.0 Å². The number of hydrogen-bond donors (Lipinski definition) is 0. The molecule has 1 nitrogen and oxygen atoms in total. The second kappa shape index (κ2) is 2.55. The predicted octanol–water partition coefficient (Wildman–Crippen LogP) is 2.91. The third kappa shape index (κ3) is 1.05. The Morgan fingerprint density at radius 1 is 1.07 bits per heavy atom. The van der Waals surface area contributed by atoms with Crippen LogP contribution in [-0.4, -0.2) is 31.7 Å². The van der Waals surface area contributed by atoms with Crippen LogP contribution in [0, 0.1) is 16.7 Å². The lowest BCUT2D eigenvalue weighted by atomic mass is 9.68. The van der Waals surface area contributed by atoms with E-state index in [1.165, 1.54) is 19.3 Å². The standard InChI is InChI=1S/C13H26N/c1-12(2)10-7-8-13(12,3)11(9-10)14(4,5)6/h10-11H,7-9H2,1-6H3/q+1. The first-order valence-corrected chi connectivity index (χ1v) is 6.01. The molecule has 2 bridgehead atoms. The first kappa shape index (κ1) is 10.5. The summed E-state index contributed by atoms with van der Waals surface area (Å²) in [5.74, 6) is 0.981. The van der Waals surface area contributed by atoms with E-state index in [1.807, 2.05) is 0 Å².